The molecule has 0 radical (unpaired) electrons. The lowest BCUT2D eigenvalue weighted by Crippen LogP contribution is -2.44. The zero-order valence-electron chi connectivity index (χ0n) is 25.7. The zero-order valence-corrected chi connectivity index (χ0v) is 26.5. The topological polar surface area (TPSA) is 55.8 Å². The molecule has 5 nitrogen and oxygen atoms in total. The average Bonchev–Trinajstić information content (AvgIpc) is 2.90. The Morgan fingerprint density at radius 3 is 2.07 bits per heavy atom. The molecule has 0 saturated carbocycles. The number of carbonyl (C=O) groups is 2. The summed E-state index contributed by atoms with van der Waals surface area (Å²) in [6.45, 7) is 15.7. The van der Waals surface area contributed by atoms with Crippen LogP contribution in [0.25, 0.3) is 0 Å². The number of hydrogen-bond donors (Lipinski definition) is 0. The summed E-state index contributed by atoms with van der Waals surface area (Å²) < 4.78 is 12.3. The number of benzene rings is 2. The van der Waals surface area contributed by atoms with Gasteiger partial charge in [0.2, 0.25) is 0 Å². The maximum atomic E-state index is 14.0. The van der Waals surface area contributed by atoms with Crippen LogP contribution in [0.4, 0.5) is 0 Å². The fourth-order valence-corrected chi connectivity index (χ4v) is 7.19. The second-order valence-corrected chi connectivity index (χ2v) is 13.8. The van der Waals surface area contributed by atoms with E-state index in [0.717, 1.165) is 58.6 Å². The van der Waals surface area contributed by atoms with E-state index in [9.17, 15) is 9.59 Å². The Balaban J connectivity index is 1.70. The summed E-state index contributed by atoms with van der Waals surface area (Å²) in [4.78, 5) is 30.3. The van der Waals surface area contributed by atoms with Gasteiger partial charge < -0.3 is 14.4 Å². The summed E-state index contributed by atoms with van der Waals surface area (Å²) in [7, 11) is 1.62. The third-order valence-electron chi connectivity index (χ3n) is 8.74. The third kappa shape index (κ3) is 5.56. The van der Waals surface area contributed by atoms with Gasteiger partial charge in [-0.15, -0.1) is 6.58 Å². The highest BCUT2D eigenvalue weighted by Gasteiger charge is 2.48. The van der Waals surface area contributed by atoms with Crippen molar-refractivity contribution in [3.05, 3.63) is 93.3 Å². The maximum absolute atomic E-state index is 14.0. The van der Waals surface area contributed by atoms with Gasteiger partial charge in [0, 0.05) is 64.0 Å². The van der Waals surface area contributed by atoms with E-state index < -0.39 is 5.92 Å². The van der Waals surface area contributed by atoms with Crippen molar-refractivity contribution in [1.82, 2.24) is 4.90 Å². The summed E-state index contributed by atoms with van der Waals surface area (Å²) in [6.07, 6.45) is 4.86. The van der Waals surface area contributed by atoms with E-state index in [2.05, 4.69) is 52.2 Å². The van der Waals surface area contributed by atoms with Gasteiger partial charge >= 0.3 is 0 Å². The maximum Gasteiger partial charge on any atom is 0.165 e. The first-order chi connectivity index (χ1) is 19.9. The van der Waals surface area contributed by atoms with Crippen LogP contribution < -0.4 is 9.47 Å². The van der Waals surface area contributed by atoms with Crippen LogP contribution in [0.1, 0.15) is 82.9 Å². The molecule has 2 aromatic carbocycles. The minimum absolute atomic E-state index is 0.122. The highest BCUT2D eigenvalue weighted by Crippen LogP contribution is 2.55. The molecule has 0 atom stereocenters. The fourth-order valence-electron chi connectivity index (χ4n) is 7.00. The molecule has 3 aliphatic rings. The van der Waals surface area contributed by atoms with Crippen LogP contribution in [-0.2, 0) is 22.6 Å². The van der Waals surface area contributed by atoms with Crippen LogP contribution in [0.2, 0.25) is 5.02 Å². The van der Waals surface area contributed by atoms with Crippen molar-refractivity contribution >= 4 is 23.2 Å². The van der Waals surface area contributed by atoms with Gasteiger partial charge in [-0.05, 0) is 54.7 Å². The Morgan fingerprint density at radius 2 is 1.55 bits per heavy atom. The highest BCUT2D eigenvalue weighted by molar-refractivity contribution is 6.31. The van der Waals surface area contributed by atoms with Gasteiger partial charge in [0.05, 0.1) is 7.11 Å². The summed E-state index contributed by atoms with van der Waals surface area (Å²) in [5.41, 5.74) is 6.00. The molecule has 42 heavy (non-hydrogen) atoms. The number of carbonyl (C=O) groups excluding carboxylic acids is 2. The van der Waals surface area contributed by atoms with Crippen LogP contribution >= 0.6 is 11.6 Å². The first-order valence-electron chi connectivity index (χ1n) is 14.9. The lowest BCUT2D eigenvalue weighted by molar-refractivity contribution is -0.119. The molecule has 0 N–H and O–H groups in total. The molecule has 1 heterocycles. The van der Waals surface area contributed by atoms with E-state index in [1.165, 1.54) is 0 Å². The van der Waals surface area contributed by atoms with Gasteiger partial charge in [-0.3, -0.25) is 9.59 Å². The van der Waals surface area contributed by atoms with E-state index >= 15 is 0 Å². The molecule has 0 aromatic heterocycles. The fraction of sp³-hybridized carbons (Fsp3) is 0.444. The minimum atomic E-state index is -0.444. The Hall–Kier alpha value is -3.31. The number of ketones is 2. The monoisotopic (exact) mass is 587 g/mol. The van der Waals surface area contributed by atoms with Gasteiger partial charge in [0.1, 0.15) is 6.61 Å². The molecule has 0 bridgehead atoms. The molecule has 0 spiro atoms. The van der Waals surface area contributed by atoms with Crippen LogP contribution in [0.3, 0.4) is 0 Å². The van der Waals surface area contributed by atoms with Gasteiger partial charge in [0.15, 0.2) is 23.1 Å². The van der Waals surface area contributed by atoms with Crippen molar-refractivity contribution in [2.24, 2.45) is 10.8 Å². The Bertz CT molecular complexity index is 1460. The van der Waals surface area contributed by atoms with Crippen molar-refractivity contribution in [3.8, 4) is 11.5 Å². The molecule has 2 aromatic rings. The van der Waals surface area contributed by atoms with Crippen molar-refractivity contribution < 1.29 is 19.1 Å². The summed E-state index contributed by atoms with van der Waals surface area (Å²) in [6, 6.07) is 11.6. The third-order valence-corrected chi connectivity index (χ3v) is 9.11. The number of allylic oxidation sites excluding steroid dienone is 5. The van der Waals surface area contributed by atoms with Crippen molar-refractivity contribution in [2.45, 2.75) is 79.2 Å². The number of halogens is 1. The van der Waals surface area contributed by atoms with Crippen molar-refractivity contribution in [1.29, 1.82) is 0 Å². The number of ether oxygens (including phenoxy) is 2. The second-order valence-electron chi connectivity index (χ2n) is 13.4. The Kier molecular flexibility index (Phi) is 8.19. The van der Waals surface area contributed by atoms with Gasteiger partial charge in [-0.2, -0.15) is 0 Å². The molecule has 222 valence electrons. The lowest BCUT2D eigenvalue weighted by atomic mass is 9.63. The Labute approximate surface area is 255 Å². The summed E-state index contributed by atoms with van der Waals surface area (Å²) >= 11 is 6.41. The number of nitrogens with zero attached hydrogens (tertiary/aromatic N) is 1. The average molecular weight is 588 g/mol. The molecular formula is C36H42ClNO4. The SMILES string of the molecule is C=CCc1cc(C2C3=C(CC(C)(C)CC3=O)N(CC)C3=C2C(=O)CC(C)(C)C3)cc(OC)c1OCc1ccccc1Cl. The molecule has 0 saturated heterocycles. The number of methoxy groups -OCH3 is 1. The summed E-state index contributed by atoms with van der Waals surface area (Å²) in [5.74, 6) is 0.975. The lowest BCUT2D eigenvalue weighted by Gasteiger charge is -2.49. The van der Waals surface area contributed by atoms with Gasteiger partial charge in [-0.1, -0.05) is 69.6 Å². The standard InChI is InChI=1S/C36H42ClNO4/c1-8-12-22-15-24(16-30(41-7)34(22)42-21-23-13-10-11-14-25(23)37)31-32-26(17-35(3,4)19-28(32)39)38(9-2)27-18-36(5,6)20-29(40)33(27)31/h8,10-11,13-16,31H,1,9,12,17-21H2,2-7H3. The van der Waals surface area contributed by atoms with E-state index in [1.54, 1.807) is 7.11 Å². The first-order valence-corrected chi connectivity index (χ1v) is 15.3. The van der Waals surface area contributed by atoms with Crippen LogP contribution in [0.15, 0.2) is 71.6 Å². The van der Waals surface area contributed by atoms with Crippen molar-refractivity contribution in [2.75, 3.05) is 13.7 Å². The minimum Gasteiger partial charge on any atom is -0.493 e. The van der Waals surface area contributed by atoms with Gasteiger partial charge in [0.25, 0.3) is 0 Å². The predicted octanol–water partition coefficient (Wildman–Crippen LogP) is 8.36. The molecular weight excluding hydrogens is 546 g/mol. The predicted molar refractivity (Wildman–Crippen MR) is 168 cm³/mol. The van der Waals surface area contributed by atoms with E-state index in [0.29, 0.717) is 35.8 Å². The molecule has 5 rings (SSSR count). The number of rotatable bonds is 8. The van der Waals surface area contributed by atoms with E-state index in [4.69, 9.17) is 21.1 Å². The molecule has 2 aliphatic carbocycles. The molecule has 1 aliphatic heterocycles. The van der Waals surface area contributed by atoms with E-state index in [1.807, 2.05) is 36.4 Å². The molecule has 0 amide bonds. The van der Waals surface area contributed by atoms with Crippen LogP contribution in [0.5, 0.6) is 11.5 Å². The number of hydrogen-bond acceptors (Lipinski definition) is 5. The first kappa shape index (κ1) is 30.2. The smallest absolute Gasteiger partial charge is 0.165 e. The quantitative estimate of drug-likeness (QED) is 0.290. The Morgan fingerprint density at radius 1 is 0.952 bits per heavy atom. The number of Topliss-reactive ketones (excluding diaryl/α,β-unsaturated/α-hetero) is 2. The zero-order chi connectivity index (χ0) is 30.4. The summed E-state index contributed by atoms with van der Waals surface area (Å²) in [5, 5.41) is 0.637. The van der Waals surface area contributed by atoms with Crippen LogP contribution in [-0.4, -0.2) is 30.1 Å². The largest absolute Gasteiger partial charge is 0.493 e. The van der Waals surface area contributed by atoms with Crippen molar-refractivity contribution in [3.63, 3.8) is 0 Å². The normalized spacial score (nSPS) is 19.9. The highest BCUT2D eigenvalue weighted by atomic mass is 35.5. The molecule has 0 unspecified atom stereocenters. The molecule has 0 fully saturated rings. The van der Waals surface area contributed by atoms with Gasteiger partial charge in [-0.25, -0.2) is 0 Å². The second kappa shape index (κ2) is 11.4. The van der Waals surface area contributed by atoms with E-state index in [-0.39, 0.29) is 29.0 Å². The van der Waals surface area contributed by atoms with Crippen LogP contribution in [0, 0.1) is 10.8 Å². The molecule has 6 heteroatoms.